The number of nitrogens with zero attached hydrogens (tertiary/aromatic N) is 1. The Labute approximate surface area is 87.3 Å². The van der Waals surface area contributed by atoms with Gasteiger partial charge in [0.25, 0.3) is 6.40 Å². The fraction of sp³-hybridized carbons (Fsp3) is 0.300. The fourth-order valence-electron chi connectivity index (χ4n) is 1.12. The molecule has 1 atom stereocenters. The van der Waals surface area contributed by atoms with Gasteiger partial charge >= 0.3 is 0 Å². The van der Waals surface area contributed by atoms with Gasteiger partial charge in [-0.05, 0) is 18.2 Å². The second kappa shape index (κ2) is 4.33. The summed E-state index contributed by atoms with van der Waals surface area (Å²) >= 11 is 5.80. The van der Waals surface area contributed by atoms with Crippen molar-refractivity contribution in [2.24, 2.45) is 4.99 Å². The third-order valence-electron chi connectivity index (χ3n) is 1.81. The van der Waals surface area contributed by atoms with Crippen molar-refractivity contribution in [3.63, 3.8) is 0 Å². The van der Waals surface area contributed by atoms with Crippen LogP contribution in [-0.4, -0.2) is 25.7 Å². The zero-order chi connectivity index (χ0) is 9.80. The predicted octanol–water partition coefficient (Wildman–Crippen LogP) is 2.02. The van der Waals surface area contributed by atoms with E-state index >= 15 is 0 Å². The van der Waals surface area contributed by atoms with Gasteiger partial charge in [0.15, 0.2) is 0 Å². The van der Waals surface area contributed by atoms with Crippen LogP contribution < -0.4 is 4.74 Å². The summed E-state index contributed by atoms with van der Waals surface area (Å²) in [5.41, 5.74) is 0. The minimum Gasteiger partial charge on any atom is -0.491 e. The van der Waals surface area contributed by atoms with Crippen LogP contribution in [0.1, 0.15) is 0 Å². The number of benzene rings is 1. The highest BCUT2D eigenvalue weighted by molar-refractivity contribution is 6.30. The van der Waals surface area contributed by atoms with E-state index in [1.54, 1.807) is 12.1 Å². The molecule has 1 heterocycles. The van der Waals surface area contributed by atoms with Crippen molar-refractivity contribution in [1.29, 1.82) is 0 Å². The van der Waals surface area contributed by atoms with Crippen molar-refractivity contribution >= 4 is 18.0 Å². The Morgan fingerprint density at radius 2 is 2.57 bits per heavy atom. The van der Waals surface area contributed by atoms with Crippen LogP contribution in [0.2, 0.25) is 5.02 Å². The van der Waals surface area contributed by atoms with E-state index in [1.807, 2.05) is 12.1 Å². The average Bonchev–Trinajstić information content (AvgIpc) is 2.67. The maximum atomic E-state index is 5.80. The van der Waals surface area contributed by atoms with Gasteiger partial charge in [0, 0.05) is 5.02 Å². The second-order valence-corrected chi connectivity index (χ2v) is 3.39. The number of halogens is 1. The minimum atomic E-state index is 0.0500. The highest BCUT2D eigenvalue weighted by Gasteiger charge is 2.12. The quantitative estimate of drug-likeness (QED) is 0.764. The Kier molecular flexibility index (Phi) is 2.89. The number of aliphatic imine (C=N–C) groups is 1. The molecule has 73 valence electrons. The van der Waals surface area contributed by atoms with Crippen molar-refractivity contribution in [2.45, 2.75) is 6.04 Å². The molecule has 0 N–H and O–H groups in total. The molecule has 0 bridgehead atoms. The first-order valence-corrected chi connectivity index (χ1v) is 4.67. The zero-order valence-corrected chi connectivity index (χ0v) is 8.20. The molecule has 0 fully saturated rings. The first-order chi connectivity index (χ1) is 6.84. The van der Waals surface area contributed by atoms with Gasteiger partial charge in [0.05, 0.1) is 0 Å². The largest absolute Gasteiger partial charge is 0.491 e. The smallest absolute Gasteiger partial charge is 0.273 e. The molecule has 2 rings (SSSR count). The molecule has 1 aromatic rings. The van der Waals surface area contributed by atoms with Crippen LogP contribution in [-0.2, 0) is 4.74 Å². The van der Waals surface area contributed by atoms with E-state index in [2.05, 4.69) is 11.4 Å². The highest BCUT2D eigenvalue weighted by atomic mass is 35.5. The lowest BCUT2D eigenvalue weighted by Gasteiger charge is -2.08. The number of rotatable bonds is 3. The monoisotopic (exact) mass is 210 g/mol. The van der Waals surface area contributed by atoms with Crippen LogP contribution in [0.4, 0.5) is 0 Å². The van der Waals surface area contributed by atoms with Gasteiger partial charge in [-0.3, -0.25) is 0 Å². The lowest BCUT2D eigenvalue weighted by molar-refractivity contribution is 0.246. The molecule has 0 amide bonds. The van der Waals surface area contributed by atoms with Crippen LogP contribution in [0.5, 0.6) is 5.75 Å². The minimum absolute atomic E-state index is 0.0500. The summed E-state index contributed by atoms with van der Waals surface area (Å²) in [5.74, 6) is 0.750. The summed E-state index contributed by atoms with van der Waals surface area (Å²) in [5, 5.41) is 0.667. The fourth-order valence-corrected chi connectivity index (χ4v) is 1.30. The second-order valence-electron chi connectivity index (χ2n) is 2.95. The number of hydrogen-bond donors (Lipinski definition) is 0. The summed E-state index contributed by atoms with van der Waals surface area (Å²) in [6.45, 7) is 1.04. The van der Waals surface area contributed by atoms with E-state index < -0.39 is 0 Å². The molecular formula is C10H9ClNO2. The topological polar surface area (TPSA) is 30.8 Å². The summed E-state index contributed by atoms with van der Waals surface area (Å²) in [6, 6.07) is 7.32. The molecule has 4 heteroatoms. The Balaban J connectivity index is 1.88. The van der Waals surface area contributed by atoms with Gasteiger partial charge < -0.3 is 9.47 Å². The Morgan fingerprint density at radius 1 is 1.64 bits per heavy atom. The lowest BCUT2D eigenvalue weighted by atomic mass is 10.3. The SMILES string of the molecule is Clc1cccc(OCC2CO[C]=N2)c1. The van der Waals surface area contributed by atoms with Crippen molar-refractivity contribution in [1.82, 2.24) is 0 Å². The molecule has 1 aromatic carbocycles. The molecule has 0 aliphatic carbocycles. The highest BCUT2D eigenvalue weighted by Crippen LogP contribution is 2.17. The van der Waals surface area contributed by atoms with Crippen molar-refractivity contribution in [3.8, 4) is 5.75 Å². The molecule has 0 spiro atoms. The van der Waals surface area contributed by atoms with E-state index in [-0.39, 0.29) is 6.04 Å². The Hall–Kier alpha value is -1.22. The van der Waals surface area contributed by atoms with Crippen molar-refractivity contribution < 1.29 is 9.47 Å². The van der Waals surface area contributed by atoms with Crippen LogP contribution in [0, 0.1) is 0 Å². The van der Waals surface area contributed by atoms with Gasteiger partial charge in [0.2, 0.25) is 0 Å². The number of hydrogen-bond acceptors (Lipinski definition) is 3. The van der Waals surface area contributed by atoms with E-state index in [0.29, 0.717) is 18.2 Å². The van der Waals surface area contributed by atoms with Gasteiger partial charge in [0.1, 0.15) is 25.0 Å². The van der Waals surface area contributed by atoms with Gasteiger partial charge in [-0.2, -0.15) is 0 Å². The van der Waals surface area contributed by atoms with E-state index in [4.69, 9.17) is 21.1 Å². The molecule has 1 unspecified atom stereocenters. The van der Waals surface area contributed by atoms with E-state index in [1.165, 1.54) is 0 Å². The first-order valence-electron chi connectivity index (χ1n) is 4.29. The van der Waals surface area contributed by atoms with Gasteiger partial charge in [-0.1, -0.05) is 17.7 Å². The van der Waals surface area contributed by atoms with Crippen molar-refractivity contribution in [3.05, 3.63) is 29.3 Å². The molecule has 1 aliphatic heterocycles. The van der Waals surface area contributed by atoms with Gasteiger partial charge in [-0.25, -0.2) is 4.99 Å². The average molecular weight is 211 g/mol. The van der Waals surface area contributed by atoms with Crippen LogP contribution in [0.25, 0.3) is 0 Å². The molecule has 1 radical (unpaired) electrons. The summed E-state index contributed by atoms with van der Waals surface area (Å²) in [7, 11) is 0. The first kappa shape index (κ1) is 9.34. The van der Waals surface area contributed by atoms with Crippen LogP contribution in [0.3, 0.4) is 0 Å². The molecule has 0 aromatic heterocycles. The summed E-state index contributed by atoms with van der Waals surface area (Å²) in [6.07, 6.45) is 2.44. The molecule has 14 heavy (non-hydrogen) atoms. The molecule has 3 nitrogen and oxygen atoms in total. The molecule has 0 saturated carbocycles. The number of ether oxygens (including phenoxy) is 2. The Bertz CT molecular complexity index is 341. The molecule has 1 aliphatic rings. The third-order valence-corrected chi connectivity index (χ3v) is 2.05. The summed E-state index contributed by atoms with van der Waals surface area (Å²) < 4.78 is 10.3. The lowest BCUT2D eigenvalue weighted by Crippen LogP contribution is -2.16. The normalized spacial score (nSPS) is 19.4. The summed E-state index contributed by atoms with van der Waals surface area (Å²) in [4.78, 5) is 3.94. The van der Waals surface area contributed by atoms with E-state index in [0.717, 1.165) is 5.75 Å². The van der Waals surface area contributed by atoms with Gasteiger partial charge in [-0.15, -0.1) is 0 Å². The molecule has 0 saturated heterocycles. The Morgan fingerprint density at radius 3 is 3.29 bits per heavy atom. The maximum absolute atomic E-state index is 5.80. The third kappa shape index (κ3) is 2.39. The molecular weight excluding hydrogens is 202 g/mol. The van der Waals surface area contributed by atoms with Crippen molar-refractivity contribution in [2.75, 3.05) is 13.2 Å². The standard InChI is InChI=1S/C10H9ClNO2/c11-8-2-1-3-10(4-8)14-6-9-5-13-7-12-9/h1-4,9H,5-6H2. The predicted molar refractivity (Wildman–Crippen MR) is 54.1 cm³/mol. The zero-order valence-electron chi connectivity index (χ0n) is 7.44. The maximum Gasteiger partial charge on any atom is 0.273 e. The van der Waals surface area contributed by atoms with Crippen LogP contribution >= 0.6 is 11.6 Å². The van der Waals surface area contributed by atoms with E-state index in [9.17, 15) is 0 Å². The van der Waals surface area contributed by atoms with Crippen LogP contribution in [0.15, 0.2) is 29.3 Å².